The molecule has 8 nitrogen and oxygen atoms in total. The quantitative estimate of drug-likeness (QED) is 0.174. The van der Waals surface area contributed by atoms with Crippen molar-refractivity contribution in [1.82, 2.24) is 20.3 Å². The second-order valence-corrected chi connectivity index (χ2v) is 7.10. The number of unbranched alkanes of at least 4 members (excludes halogenated alkanes) is 1. The predicted molar refractivity (Wildman–Crippen MR) is 115 cm³/mol. The van der Waals surface area contributed by atoms with Crippen LogP contribution in [0.15, 0.2) is 34.4 Å². The molecular weight excluding hydrogens is 469 g/mol. The molecule has 0 aliphatic heterocycles. The molecule has 0 radical (unpaired) electrons. The largest absolute Gasteiger partial charge is 0.381 e. The lowest BCUT2D eigenvalue weighted by atomic mass is 10.4. The Labute approximate surface area is 173 Å². The highest BCUT2D eigenvalue weighted by Crippen LogP contribution is 2.04. The lowest BCUT2D eigenvalue weighted by Crippen LogP contribution is -2.42. The first-order valence-corrected chi connectivity index (χ1v) is 10.0. The van der Waals surface area contributed by atoms with Gasteiger partial charge in [0.05, 0.1) is 0 Å². The predicted octanol–water partition coefficient (Wildman–Crippen LogP) is 1.35. The second kappa shape index (κ2) is 15.1. The minimum Gasteiger partial charge on any atom is -0.381 e. The number of guanidine groups is 1. The van der Waals surface area contributed by atoms with Gasteiger partial charge in [0.2, 0.25) is 10.0 Å². The summed E-state index contributed by atoms with van der Waals surface area (Å²) in [5.74, 6) is 0.633. The third-order valence-corrected chi connectivity index (χ3v) is 4.72. The molecule has 3 N–H and O–H groups in total. The Balaban J connectivity index is 0.00000625. The number of aromatic nitrogens is 1. The number of rotatable bonds is 12. The van der Waals surface area contributed by atoms with Gasteiger partial charge in [0.15, 0.2) is 5.96 Å². The standard InChI is InChI=1S/C16H29N5O3S.HI/c1-3-4-12-24-13-6-9-19-16(17-2)20-10-11-21-25(22,23)15-7-5-8-18-14-15;/h5,7-8,14,21H,3-4,6,9-13H2,1-2H3,(H2,17,19,20);1H. The van der Waals surface area contributed by atoms with Crippen LogP contribution in [0.1, 0.15) is 26.2 Å². The Morgan fingerprint density at radius 3 is 2.58 bits per heavy atom. The van der Waals surface area contributed by atoms with Crippen molar-refractivity contribution in [2.45, 2.75) is 31.1 Å². The van der Waals surface area contributed by atoms with Crippen molar-refractivity contribution in [2.75, 3.05) is 39.9 Å². The van der Waals surface area contributed by atoms with Gasteiger partial charge < -0.3 is 15.4 Å². The zero-order chi connectivity index (χ0) is 18.4. The number of nitrogens with zero attached hydrogens (tertiary/aromatic N) is 2. The van der Waals surface area contributed by atoms with Gasteiger partial charge in [0.1, 0.15) is 4.90 Å². The van der Waals surface area contributed by atoms with Crippen LogP contribution in [0.5, 0.6) is 0 Å². The number of aliphatic imine (C=N–C) groups is 1. The third-order valence-electron chi connectivity index (χ3n) is 3.28. The SMILES string of the molecule is CCCCOCCCNC(=NC)NCCNS(=O)(=O)c1cccnc1.I. The number of pyridine rings is 1. The van der Waals surface area contributed by atoms with Crippen molar-refractivity contribution >= 4 is 40.0 Å². The summed E-state index contributed by atoms with van der Waals surface area (Å²) in [7, 11) is -1.85. The number of halogens is 1. The minimum atomic E-state index is -3.53. The third kappa shape index (κ3) is 10.9. The average Bonchev–Trinajstić information content (AvgIpc) is 2.63. The van der Waals surface area contributed by atoms with E-state index in [1.807, 2.05) is 0 Å². The highest BCUT2D eigenvalue weighted by molar-refractivity contribution is 14.0. The van der Waals surface area contributed by atoms with E-state index in [-0.39, 0.29) is 35.4 Å². The van der Waals surface area contributed by atoms with Crippen LogP contribution in [0.4, 0.5) is 0 Å². The molecule has 1 heterocycles. The molecule has 0 spiro atoms. The number of hydrogen-bond donors (Lipinski definition) is 3. The Bertz CT molecular complexity index is 599. The molecular formula is C16H30IN5O3S. The number of ether oxygens (including phenoxy) is 1. The van der Waals surface area contributed by atoms with Gasteiger partial charge in [0.25, 0.3) is 0 Å². The molecule has 0 saturated carbocycles. The van der Waals surface area contributed by atoms with Crippen molar-refractivity contribution < 1.29 is 13.2 Å². The minimum absolute atomic E-state index is 0. The summed E-state index contributed by atoms with van der Waals surface area (Å²) < 4.78 is 32.1. The fourth-order valence-corrected chi connectivity index (χ4v) is 2.90. The van der Waals surface area contributed by atoms with E-state index < -0.39 is 10.0 Å². The summed E-state index contributed by atoms with van der Waals surface area (Å²) in [4.78, 5) is 8.06. The van der Waals surface area contributed by atoms with Gasteiger partial charge in [0, 0.05) is 52.3 Å². The maximum absolute atomic E-state index is 12.0. The van der Waals surface area contributed by atoms with Crippen LogP contribution in [-0.4, -0.2) is 59.3 Å². The van der Waals surface area contributed by atoms with Crippen LogP contribution in [0.2, 0.25) is 0 Å². The van der Waals surface area contributed by atoms with E-state index in [2.05, 4.69) is 32.3 Å². The zero-order valence-electron chi connectivity index (χ0n) is 15.4. The summed E-state index contributed by atoms with van der Waals surface area (Å²) in [5, 5.41) is 6.22. The van der Waals surface area contributed by atoms with E-state index >= 15 is 0 Å². The smallest absolute Gasteiger partial charge is 0.242 e. The van der Waals surface area contributed by atoms with Gasteiger partial charge in [-0.15, -0.1) is 24.0 Å². The molecule has 0 aliphatic carbocycles. The van der Waals surface area contributed by atoms with E-state index in [0.717, 1.165) is 39.0 Å². The summed E-state index contributed by atoms with van der Waals surface area (Å²) in [5.41, 5.74) is 0. The zero-order valence-corrected chi connectivity index (χ0v) is 18.5. The van der Waals surface area contributed by atoms with Gasteiger partial charge in [-0.1, -0.05) is 13.3 Å². The normalized spacial score (nSPS) is 11.7. The summed E-state index contributed by atoms with van der Waals surface area (Å²) in [6.45, 7) is 5.07. The van der Waals surface area contributed by atoms with E-state index in [9.17, 15) is 8.42 Å². The maximum Gasteiger partial charge on any atom is 0.242 e. The Morgan fingerprint density at radius 2 is 1.92 bits per heavy atom. The Morgan fingerprint density at radius 1 is 1.19 bits per heavy atom. The molecule has 0 atom stereocenters. The summed E-state index contributed by atoms with van der Waals surface area (Å²) in [6.07, 6.45) is 5.97. The lowest BCUT2D eigenvalue weighted by molar-refractivity contribution is 0.129. The van der Waals surface area contributed by atoms with E-state index in [1.54, 1.807) is 13.1 Å². The fourth-order valence-electron chi connectivity index (χ4n) is 1.91. The highest BCUT2D eigenvalue weighted by Gasteiger charge is 2.12. The first-order chi connectivity index (χ1) is 12.1. The van der Waals surface area contributed by atoms with Crippen molar-refractivity contribution in [1.29, 1.82) is 0 Å². The molecule has 0 amide bonds. The summed E-state index contributed by atoms with van der Waals surface area (Å²) >= 11 is 0. The van der Waals surface area contributed by atoms with Gasteiger partial charge in [-0.25, -0.2) is 13.1 Å². The number of hydrogen-bond acceptors (Lipinski definition) is 5. The van der Waals surface area contributed by atoms with E-state index in [1.165, 1.54) is 18.5 Å². The Kier molecular flexibility index (Phi) is 14.5. The van der Waals surface area contributed by atoms with Crippen molar-refractivity contribution in [3.8, 4) is 0 Å². The molecule has 10 heteroatoms. The number of nitrogens with one attached hydrogen (secondary N) is 3. The first kappa shape index (κ1) is 25.0. The van der Waals surface area contributed by atoms with Crippen LogP contribution in [0, 0.1) is 0 Å². The van der Waals surface area contributed by atoms with E-state index in [0.29, 0.717) is 12.5 Å². The van der Waals surface area contributed by atoms with Gasteiger partial charge in [-0.3, -0.25) is 9.98 Å². The molecule has 0 fully saturated rings. The monoisotopic (exact) mass is 499 g/mol. The van der Waals surface area contributed by atoms with Gasteiger partial charge in [-0.05, 0) is 25.0 Å². The maximum atomic E-state index is 12.0. The fraction of sp³-hybridized carbons (Fsp3) is 0.625. The molecule has 1 aromatic rings. The first-order valence-electron chi connectivity index (χ1n) is 8.52. The van der Waals surface area contributed by atoms with Crippen molar-refractivity contribution in [2.24, 2.45) is 4.99 Å². The molecule has 0 aromatic carbocycles. The van der Waals surface area contributed by atoms with Crippen molar-refractivity contribution in [3.05, 3.63) is 24.5 Å². The van der Waals surface area contributed by atoms with Crippen LogP contribution in [-0.2, 0) is 14.8 Å². The highest BCUT2D eigenvalue weighted by atomic mass is 127. The lowest BCUT2D eigenvalue weighted by Gasteiger charge is -2.12. The van der Waals surface area contributed by atoms with E-state index in [4.69, 9.17) is 4.74 Å². The topological polar surface area (TPSA) is 105 Å². The molecule has 1 aromatic heterocycles. The molecule has 1 rings (SSSR count). The molecule has 26 heavy (non-hydrogen) atoms. The second-order valence-electron chi connectivity index (χ2n) is 5.33. The molecule has 0 bridgehead atoms. The Hall–Kier alpha value is -0.980. The van der Waals surface area contributed by atoms with Crippen LogP contribution in [0.3, 0.4) is 0 Å². The average molecular weight is 499 g/mol. The molecule has 0 unspecified atom stereocenters. The molecule has 0 saturated heterocycles. The molecule has 0 aliphatic rings. The van der Waals surface area contributed by atoms with Crippen molar-refractivity contribution in [3.63, 3.8) is 0 Å². The van der Waals surface area contributed by atoms with Gasteiger partial charge in [-0.2, -0.15) is 0 Å². The number of sulfonamides is 1. The van der Waals surface area contributed by atoms with Crippen LogP contribution >= 0.6 is 24.0 Å². The molecule has 150 valence electrons. The summed E-state index contributed by atoms with van der Waals surface area (Å²) in [6, 6.07) is 3.09. The van der Waals surface area contributed by atoms with Crippen LogP contribution < -0.4 is 15.4 Å². The van der Waals surface area contributed by atoms with Gasteiger partial charge >= 0.3 is 0 Å². The van der Waals surface area contributed by atoms with Crippen LogP contribution in [0.25, 0.3) is 0 Å².